The Morgan fingerprint density at radius 1 is 1.00 bits per heavy atom. The first-order chi connectivity index (χ1) is 13.2. The van der Waals surface area contributed by atoms with E-state index in [0.29, 0.717) is 24.3 Å². The van der Waals surface area contributed by atoms with Crippen LogP contribution < -0.4 is 10.6 Å². The molecule has 2 fully saturated rings. The van der Waals surface area contributed by atoms with Gasteiger partial charge in [-0.15, -0.1) is 5.10 Å². The summed E-state index contributed by atoms with van der Waals surface area (Å²) in [6.07, 6.45) is 6.81. The highest BCUT2D eigenvalue weighted by Gasteiger charge is 2.25. The predicted molar refractivity (Wildman–Crippen MR) is 105 cm³/mol. The number of benzene rings is 1. The number of anilines is 1. The third-order valence-electron chi connectivity index (χ3n) is 5.75. The van der Waals surface area contributed by atoms with Gasteiger partial charge in [-0.2, -0.15) is 0 Å². The fourth-order valence-corrected chi connectivity index (χ4v) is 4.10. The van der Waals surface area contributed by atoms with E-state index >= 15 is 0 Å². The van der Waals surface area contributed by atoms with Gasteiger partial charge in [0.2, 0.25) is 0 Å². The molecule has 1 aliphatic heterocycles. The third-order valence-corrected chi connectivity index (χ3v) is 5.75. The molecule has 1 saturated heterocycles. The summed E-state index contributed by atoms with van der Waals surface area (Å²) in [5.41, 5.74) is 7.66. The van der Waals surface area contributed by atoms with Crippen molar-refractivity contribution in [1.29, 1.82) is 0 Å². The van der Waals surface area contributed by atoms with E-state index in [4.69, 9.17) is 5.73 Å². The van der Waals surface area contributed by atoms with Gasteiger partial charge in [0, 0.05) is 37.9 Å². The van der Waals surface area contributed by atoms with E-state index in [-0.39, 0.29) is 5.91 Å². The highest BCUT2D eigenvalue weighted by molar-refractivity contribution is 5.92. The number of para-hydroxylation sites is 1. The maximum Gasteiger partial charge on any atom is 0.276 e. The van der Waals surface area contributed by atoms with Crippen LogP contribution in [0.3, 0.4) is 0 Å². The van der Waals surface area contributed by atoms with Gasteiger partial charge in [-0.05, 0) is 44.2 Å². The zero-order valence-electron chi connectivity index (χ0n) is 15.7. The average molecular weight is 368 g/mol. The molecular weight excluding hydrogens is 340 g/mol. The standard InChI is InChI=1S/C20H28N6O/c21-16-7-9-18(10-8-16)26-15-19(22-23-26)20(27)25-12-4-11-24(13-14-25)17-5-2-1-3-6-17/h1-3,5-6,15-16,18H,4,7-14,21H2. The van der Waals surface area contributed by atoms with Crippen molar-refractivity contribution in [3.63, 3.8) is 0 Å². The first kappa shape index (κ1) is 18.0. The molecule has 144 valence electrons. The van der Waals surface area contributed by atoms with Crippen LogP contribution in [0.25, 0.3) is 0 Å². The van der Waals surface area contributed by atoms with Gasteiger partial charge in [0.05, 0.1) is 12.2 Å². The van der Waals surface area contributed by atoms with Crippen LogP contribution in [0.15, 0.2) is 36.5 Å². The topological polar surface area (TPSA) is 80.3 Å². The molecule has 2 aliphatic rings. The van der Waals surface area contributed by atoms with Crippen LogP contribution in [-0.4, -0.2) is 58.0 Å². The fraction of sp³-hybridized carbons (Fsp3) is 0.550. The fourth-order valence-electron chi connectivity index (χ4n) is 4.10. The van der Waals surface area contributed by atoms with E-state index in [1.807, 2.05) is 21.8 Å². The third kappa shape index (κ3) is 4.13. The molecule has 2 aromatic rings. The van der Waals surface area contributed by atoms with E-state index in [1.54, 1.807) is 0 Å². The van der Waals surface area contributed by atoms with Crippen molar-refractivity contribution in [1.82, 2.24) is 19.9 Å². The minimum Gasteiger partial charge on any atom is -0.370 e. The largest absolute Gasteiger partial charge is 0.370 e. The van der Waals surface area contributed by atoms with Crippen LogP contribution in [0.1, 0.15) is 48.6 Å². The smallest absolute Gasteiger partial charge is 0.276 e. The number of nitrogens with two attached hydrogens (primary N) is 1. The Labute approximate surface area is 160 Å². The van der Waals surface area contributed by atoms with Crippen LogP contribution in [0, 0.1) is 0 Å². The van der Waals surface area contributed by atoms with Crippen molar-refractivity contribution in [3.05, 3.63) is 42.2 Å². The zero-order valence-corrected chi connectivity index (χ0v) is 15.7. The molecule has 0 unspecified atom stereocenters. The van der Waals surface area contributed by atoms with Gasteiger partial charge in [-0.1, -0.05) is 23.4 Å². The molecular formula is C20H28N6O. The molecule has 1 saturated carbocycles. The molecule has 2 heterocycles. The molecule has 0 atom stereocenters. The normalized spacial score (nSPS) is 23.9. The Balaban J connectivity index is 1.38. The summed E-state index contributed by atoms with van der Waals surface area (Å²) in [6, 6.07) is 11.0. The van der Waals surface area contributed by atoms with Gasteiger partial charge in [0.15, 0.2) is 5.69 Å². The number of nitrogens with zero attached hydrogens (tertiary/aromatic N) is 5. The maximum atomic E-state index is 12.9. The van der Waals surface area contributed by atoms with E-state index in [2.05, 4.69) is 39.5 Å². The second-order valence-corrected chi connectivity index (χ2v) is 7.62. The van der Waals surface area contributed by atoms with Gasteiger partial charge in [0.1, 0.15) is 0 Å². The quantitative estimate of drug-likeness (QED) is 0.897. The zero-order chi connectivity index (χ0) is 18.6. The number of amides is 1. The lowest BCUT2D eigenvalue weighted by atomic mass is 9.92. The number of rotatable bonds is 3. The molecule has 0 spiro atoms. The average Bonchev–Trinajstić information content (AvgIpc) is 3.06. The minimum atomic E-state index is -0.0105. The first-order valence-electron chi connectivity index (χ1n) is 9.97. The Morgan fingerprint density at radius 3 is 2.56 bits per heavy atom. The van der Waals surface area contributed by atoms with Crippen LogP contribution in [0.5, 0.6) is 0 Å². The van der Waals surface area contributed by atoms with Crippen LogP contribution >= 0.6 is 0 Å². The molecule has 0 radical (unpaired) electrons. The molecule has 1 aromatic heterocycles. The molecule has 7 heteroatoms. The van der Waals surface area contributed by atoms with Crippen molar-refractivity contribution in [2.75, 3.05) is 31.1 Å². The van der Waals surface area contributed by atoms with Crippen molar-refractivity contribution in [2.24, 2.45) is 5.73 Å². The summed E-state index contributed by atoms with van der Waals surface area (Å²) in [7, 11) is 0. The molecule has 1 aliphatic carbocycles. The number of hydrogen-bond donors (Lipinski definition) is 1. The van der Waals surface area contributed by atoms with Gasteiger partial charge >= 0.3 is 0 Å². The highest BCUT2D eigenvalue weighted by atomic mass is 16.2. The number of hydrogen-bond acceptors (Lipinski definition) is 5. The Morgan fingerprint density at radius 2 is 1.78 bits per heavy atom. The van der Waals surface area contributed by atoms with E-state index in [0.717, 1.165) is 51.7 Å². The van der Waals surface area contributed by atoms with Gasteiger partial charge in [-0.3, -0.25) is 4.79 Å². The second-order valence-electron chi connectivity index (χ2n) is 7.62. The van der Waals surface area contributed by atoms with E-state index in [9.17, 15) is 4.79 Å². The molecule has 2 N–H and O–H groups in total. The molecule has 27 heavy (non-hydrogen) atoms. The van der Waals surface area contributed by atoms with Gasteiger partial charge < -0.3 is 15.5 Å². The molecule has 7 nitrogen and oxygen atoms in total. The van der Waals surface area contributed by atoms with Gasteiger partial charge in [0.25, 0.3) is 5.91 Å². The Bertz CT molecular complexity index is 753. The van der Waals surface area contributed by atoms with E-state index in [1.165, 1.54) is 5.69 Å². The summed E-state index contributed by atoms with van der Waals surface area (Å²) < 4.78 is 1.87. The Hall–Kier alpha value is -2.41. The lowest BCUT2D eigenvalue weighted by Gasteiger charge is -2.25. The highest BCUT2D eigenvalue weighted by Crippen LogP contribution is 2.27. The summed E-state index contributed by atoms with van der Waals surface area (Å²) in [5.74, 6) is -0.0105. The second kappa shape index (κ2) is 8.08. The molecule has 0 bridgehead atoms. The summed E-state index contributed by atoms with van der Waals surface area (Å²) >= 11 is 0. The van der Waals surface area contributed by atoms with Crippen LogP contribution in [0.4, 0.5) is 5.69 Å². The molecule has 1 aromatic carbocycles. The number of aromatic nitrogens is 3. The van der Waals surface area contributed by atoms with Crippen LogP contribution in [-0.2, 0) is 0 Å². The van der Waals surface area contributed by atoms with E-state index < -0.39 is 0 Å². The monoisotopic (exact) mass is 368 g/mol. The van der Waals surface area contributed by atoms with Gasteiger partial charge in [-0.25, -0.2) is 4.68 Å². The summed E-state index contributed by atoms with van der Waals surface area (Å²) in [5, 5.41) is 8.40. The van der Waals surface area contributed by atoms with Crippen molar-refractivity contribution in [3.8, 4) is 0 Å². The molecule has 4 rings (SSSR count). The lowest BCUT2D eigenvalue weighted by molar-refractivity contribution is 0.0761. The number of carbonyl (C=O) groups is 1. The van der Waals surface area contributed by atoms with Crippen molar-refractivity contribution < 1.29 is 4.79 Å². The van der Waals surface area contributed by atoms with Crippen LogP contribution in [0.2, 0.25) is 0 Å². The summed E-state index contributed by atoms with van der Waals surface area (Å²) in [6.45, 7) is 3.26. The lowest BCUT2D eigenvalue weighted by Crippen LogP contribution is -2.35. The van der Waals surface area contributed by atoms with Crippen molar-refractivity contribution in [2.45, 2.75) is 44.2 Å². The first-order valence-corrected chi connectivity index (χ1v) is 9.97. The summed E-state index contributed by atoms with van der Waals surface area (Å²) in [4.78, 5) is 17.2. The van der Waals surface area contributed by atoms with Crippen molar-refractivity contribution >= 4 is 11.6 Å². The molecule has 1 amide bonds. The SMILES string of the molecule is NC1CCC(n2cc(C(=O)N3CCCN(c4ccccc4)CC3)nn2)CC1. The Kier molecular flexibility index (Phi) is 5.38. The number of carbonyl (C=O) groups excluding carboxylic acids is 1. The predicted octanol–water partition coefficient (Wildman–Crippen LogP) is 2.07. The minimum absolute atomic E-state index is 0.0105. The maximum absolute atomic E-state index is 12.9.